The largest absolute Gasteiger partial charge is 0.497 e. The maximum absolute atomic E-state index is 13.0. The fourth-order valence-corrected chi connectivity index (χ4v) is 4.57. The Bertz CT molecular complexity index is 1110. The molecule has 0 aliphatic carbocycles. The third kappa shape index (κ3) is 5.05. The van der Waals surface area contributed by atoms with E-state index in [4.69, 9.17) is 9.47 Å². The highest BCUT2D eigenvalue weighted by molar-refractivity contribution is 7.91. The molecule has 2 aromatic carbocycles. The summed E-state index contributed by atoms with van der Waals surface area (Å²) in [5.74, 6) is -0.651. The molecule has 1 aliphatic heterocycles. The number of methoxy groups -OCH3 is 1. The van der Waals surface area contributed by atoms with E-state index in [1.54, 1.807) is 43.3 Å². The first-order chi connectivity index (χ1) is 14.7. The zero-order chi connectivity index (χ0) is 22.6. The van der Waals surface area contributed by atoms with Gasteiger partial charge in [0.25, 0.3) is 0 Å². The van der Waals surface area contributed by atoms with Crippen LogP contribution < -0.4 is 15.4 Å². The van der Waals surface area contributed by atoms with Crippen molar-refractivity contribution in [3.8, 4) is 5.75 Å². The van der Waals surface area contributed by atoms with Crippen LogP contribution in [0.25, 0.3) is 0 Å². The van der Waals surface area contributed by atoms with Crippen molar-refractivity contribution in [2.45, 2.75) is 24.8 Å². The Kier molecular flexibility index (Phi) is 6.65. The molecule has 3 rings (SSSR count). The van der Waals surface area contributed by atoms with E-state index in [1.807, 2.05) is 6.92 Å². The van der Waals surface area contributed by atoms with Crippen molar-refractivity contribution < 1.29 is 27.5 Å². The summed E-state index contributed by atoms with van der Waals surface area (Å²) in [6.45, 7) is 3.60. The van der Waals surface area contributed by atoms with E-state index >= 15 is 0 Å². The number of rotatable bonds is 7. The Balaban J connectivity index is 2.07. The van der Waals surface area contributed by atoms with E-state index in [0.717, 1.165) is 5.56 Å². The molecule has 1 atom stereocenters. The van der Waals surface area contributed by atoms with Crippen LogP contribution in [0, 0.1) is 6.92 Å². The molecule has 1 heterocycles. The minimum atomic E-state index is -3.83. The third-order valence-corrected chi connectivity index (χ3v) is 6.47. The van der Waals surface area contributed by atoms with Gasteiger partial charge in [0.2, 0.25) is 0 Å². The van der Waals surface area contributed by atoms with Gasteiger partial charge in [0.1, 0.15) is 5.75 Å². The van der Waals surface area contributed by atoms with Gasteiger partial charge < -0.3 is 20.1 Å². The summed E-state index contributed by atoms with van der Waals surface area (Å²) in [4.78, 5) is 25.2. The minimum Gasteiger partial charge on any atom is -0.497 e. The maximum atomic E-state index is 13.0. The van der Waals surface area contributed by atoms with E-state index in [2.05, 4.69) is 10.6 Å². The first-order valence-corrected chi connectivity index (χ1v) is 11.3. The number of ether oxygens (including phenoxy) is 2. The molecule has 0 saturated heterocycles. The molecule has 2 amide bonds. The number of carbonyl (C=O) groups excluding carboxylic acids is 2. The Morgan fingerprint density at radius 1 is 1.06 bits per heavy atom. The quantitative estimate of drug-likeness (QED) is 0.635. The molecule has 0 fully saturated rings. The first kappa shape index (κ1) is 22.4. The number of esters is 1. The highest BCUT2D eigenvalue weighted by Crippen LogP contribution is 2.30. The number of hydrogen-bond donors (Lipinski definition) is 2. The molecule has 2 N–H and O–H groups in total. The lowest BCUT2D eigenvalue weighted by atomic mass is 9.95. The fraction of sp³-hybridized carbons (Fsp3) is 0.273. The molecule has 164 valence electrons. The van der Waals surface area contributed by atoms with Crippen LogP contribution in [0.5, 0.6) is 5.75 Å². The number of hydrogen-bond acceptors (Lipinski definition) is 6. The number of aryl methyl sites for hydroxylation is 1. The topological polar surface area (TPSA) is 111 Å². The van der Waals surface area contributed by atoms with Gasteiger partial charge in [-0.2, -0.15) is 0 Å². The zero-order valence-electron chi connectivity index (χ0n) is 17.5. The van der Waals surface area contributed by atoms with Gasteiger partial charge in [-0.05, 0) is 43.7 Å². The SMILES string of the molecule is CCOC(=O)C1=C(CS(=O)(=O)c2ccc(C)cc2)NC(=O)NC1c1ccc(OC)cc1. The summed E-state index contributed by atoms with van der Waals surface area (Å²) in [5, 5.41) is 5.17. The number of amides is 2. The fourth-order valence-electron chi connectivity index (χ4n) is 3.25. The van der Waals surface area contributed by atoms with Crippen molar-refractivity contribution in [2.24, 2.45) is 0 Å². The zero-order valence-corrected chi connectivity index (χ0v) is 18.3. The lowest BCUT2D eigenvalue weighted by Crippen LogP contribution is -2.47. The average Bonchev–Trinajstić information content (AvgIpc) is 2.73. The molecule has 31 heavy (non-hydrogen) atoms. The number of benzene rings is 2. The van der Waals surface area contributed by atoms with Crippen molar-refractivity contribution in [3.63, 3.8) is 0 Å². The lowest BCUT2D eigenvalue weighted by Gasteiger charge is -2.29. The number of sulfone groups is 1. The molecular weight excluding hydrogens is 420 g/mol. The van der Waals surface area contributed by atoms with Crippen molar-refractivity contribution >= 4 is 21.8 Å². The Morgan fingerprint density at radius 2 is 1.71 bits per heavy atom. The van der Waals surface area contributed by atoms with Gasteiger partial charge in [-0.3, -0.25) is 0 Å². The van der Waals surface area contributed by atoms with Crippen LogP contribution in [-0.4, -0.2) is 39.9 Å². The normalized spacial score (nSPS) is 16.4. The monoisotopic (exact) mass is 444 g/mol. The number of urea groups is 1. The molecular formula is C22H24N2O6S. The van der Waals surface area contributed by atoms with Gasteiger partial charge in [-0.25, -0.2) is 18.0 Å². The molecule has 0 spiro atoms. The van der Waals surface area contributed by atoms with Crippen molar-refractivity contribution in [1.29, 1.82) is 0 Å². The molecule has 0 saturated carbocycles. The Hall–Kier alpha value is -3.33. The van der Waals surface area contributed by atoms with Crippen LogP contribution in [-0.2, 0) is 19.4 Å². The molecule has 0 radical (unpaired) electrons. The van der Waals surface area contributed by atoms with Gasteiger partial charge in [-0.15, -0.1) is 0 Å². The highest BCUT2D eigenvalue weighted by Gasteiger charge is 2.35. The second-order valence-corrected chi connectivity index (χ2v) is 8.98. The van der Waals surface area contributed by atoms with Crippen LogP contribution in [0.1, 0.15) is 24.1 Å². The van der Waals surface area contributed by atoms with Crippen LogP contribution in [0.2, 0.25) is 0 Å². The van der Waals surface area contributed by atoms with E-state index in [0.29, 0.717) is 11.3 Å². The van der Waals surface area contributed by atoms with Crippen LogP contribution in [0.15, 0.2) is 64.7 Å². The Morgan fingerprint density at radius 3 is 2.29 bits per heavy atom. The molecule has 1 unspecified atom stereocenters. The van der Waals surface area contributed by atoms with Crippen LogP contribution in [0.4, 0.5) is 4.79 Å². The van der Waals surface area contributed by atoms with E-state index in [1.165, 1.54) is 19.2 Å². The standard InChI is InChI=1S/C22H24N2O6S/c1-4-30-21(25)19-18(13-31(27,28)17-11-5-14(2)6-12-17)23-22(26)24-20(19)15-7-9-16(29-3)10-8-15/h5-12,20H,4,13H2,1-3H3,(H2,23,24,26). The summed E-state index contributed by atoms with van der Waals surface area (Å²) in [5.41, 5.74) is 1.54. The van der Waals surface area contributed by atoms with Crippen molar-refractivity contribution in [2.75, 3.05) is 19.5 Å². The smallest absolute Gasteiger partial charge is 0.338 e. The van der Waals surface area contributed by atoms with Gasteiger partial charge in [0.05, 0.1) is 36.0 Å². The maximum Gasteiger partial charge on any atom is 0.338 e. The van der Waals surface area contributed by atoms with E-state index in [9.17, 15) is 18.0 Å². The second-order valence-electron chi connectivity index (χ2n) is 6.99. The van der Waals surface area contributed by atoms with Gasteiger partial charge in [0.15, 0.2) is 9.84 Å². The van der Waals surface area contributed by atoms with Crippen LogP contribution >= 0.6 is 0 Å². The molecule has 0 bridgehead atoms. The molecule has 2 aromatic rings. The van der Waals surface area contributed by atoms with Crippen molar-refractivity contribution in [3.05, 3.63) is 70.9 Å². The summed E-state index contributed by atoms with van der Waals surface area (Å²) in [6.07, 6.45) is 0. The predicted molar refractivity (Wildman–Crippen MR) is 114 cm³/mol. The first-order valence-electron chi connectivity index (χ1n) is 9.66. The third-order valence-electron chi connectivity index (χ3n) is 4.81. The van der Waals surface area contributed by atoms with Crippen molar-refractivity contribution in [1.82, 2.24) is 10.6 Å². The van der Waals surface area contributed by atoms with Gasteiger partial charge in [-0.1, -0.05) is 29.8 Å². The molecule has 0 aromatic heterocycles. The summed E-state index contributed by atoms with van der Waals surface area (Å²) in [7, 11) is -2.30. The summed E-state index contributed by atoms with van der Waals surface area (Å²) >= 11 is 0. The average molecular weight is 445 g/mol. The lowest BCUT2D eigenvalue weighted by molar-refractivity contribution is -0.139. The predicted octanol–water partition coefficient (Wildman–Crippen LogP) is 2.65. The molecule has 8 nitrogen and oxygen atoms in total. The van der Waals surface area contributed by atoms with Gasteiger partial charge in [0, 0.05) is 5.70 Å². The minimum absolute atomic E-state index is 0.0106. The number of carbonyl (C=O) groups is 2. The molecule has 1 aliphatic rings. The second kappa shape index (κ2) is 9.22. The van der Waals surface area contributed by atoms with Crippen LogP contribution in [0.3, 0.4) is 0 Å². The number of nitrogens with one attached hydrogen (secondary N) is 2. The summed E-state index contributed by atoms with van der Waals surface area (Å²) < 4.78 is 36.3. The highest BCUT2D eigenvalue weighted by atomic mass is 32.2. The Labute approximate surface area is 181 Å². The van der Waals surface area contributed by atoms with Gasteiger partial charge >= 0.3 is 12.0 Å². The van der Waals surface area contributed by atoms with E-state index in [-0.39, 0.29) is 22.8 Å². The molecule has 9 heteroatoms. The van der Waals surface area contributed by atoms with E-state index < -0.39 is 33.6 Å². The summed E-state index contributed by atoms with van der Waals surface area (Å²) in [6, 6.07) is 11.7.